The van der Waals surface area contributed by atoms with Crippen molar-refractivity contribution >= 4 is 16.9 Å². The monoisotopic (exact) mass is 389 g/mol. The van der Waals surface area contributed by atoms with Gasteiger partial charge in [-0.3, -0.25) is 4.79 Å². The molecule has 0 saturated carbocycles. The van der Waals surface area contributed by atoms with Crippen molar-refractivity contribution in [2.24, 2.45) is 0 Å². The van der Waals surface area contributed by atoms with Crippen molar-refractivity contribution in [3.8, 4) is 22.8 Å². The van der Waals surface area contributed by atoms with Crippen molar-refractivity contribution in [3.63, 3.8) is 0 Å². The van der Waals surface area contributed by atoms with Crippen LogP contribution in [-0.2, 0) is 17.6 Å². The number of furan rings is 1. The number of nitrogens with one attached hydrogen (secondary N) is 2. The number of benzene rings is 2. The molecule has 0 fully saturated rings. The smallest absolute Gasteiger partial charge is 0.231 e. The number of amides is 1. The predicted molar refractivity (Wildman–Crippen MR) is 107 cm³/mol. The van der Waals surface area contributed by atoms with Gasteiger partial charge in [0.25, 0.3) is 0 Å². The highest BCUT2D eigenvalue weighted by Gasteiger charge is 2.23. The van der Waals surface area contributed by atoms with E-state index in [-0.39, 0.29) is 19.1 Å². The van der Waals surface area contributed by atoms with Crippen LogP contribution >= 0.6 is 0 Å². The minimum atomic E-state index is -0.0675. The zero-order valence-electron chi connectivity index (χ0n) is 15.6. The standard InChI is InChI=1S/C22H19N3O4/c26-21(24-7-6-15-11-23-12-25-15)9-17-16-8-19-20(28-13-27-19)10-18(16)29-22(17)14-4-2-1-3-5-14/h1-5,8,10-12H,6-7,9,13H2,(H,23,25)(H,24,26). The zero-order chi connectivity index (χ0) is 19.6. The van der Waals surface area contributed by atoms with E-state index >= 15 is 0 Å². The Balaban J connectivity index is 1.44. The molecule has 7 nitrogen and oxygen atoms in total. The summed E-state index contributed by atoms with van der Waals surface area (Å²) in [6.07, 6.45) is 4.29. The van der Waals surface area contributed by atoms with Crippen molar-refractivity contribution in [2.75, 3.05) is 13.3 Å². The van der Waals surface area contributed by atoms with Crippen LogP contribution in [0.5, 0.6) is 11.5 Å². The largest absolute Gasteiger partial charge is 0.456 e. The zero-order valence-corrected chi connectivity index (χ0v) is 15.6. The second-order valence-corrected chi connectivity index (χ2v) is 6.83. The van der Waals surface area contributed by atoms with Gasteiger partial charge in [0.2, 0.25) is 12.7 Å². The molecule has 5 rings (SSSR count). The van der Waals surface area contributed by atoms with Gasteiger partial charge in [-0.25, -0.2) is 4.98 Å². The first kappa shape index (κ1) is 17.4. The van der Waals surface area contributed by atoms with Crippen molar-refractivity contribution in [1.82, 2.24) is 15.3 Å². The lowest BCUT2D eigenvalue weighted by Gasteiger charge is -2.06. The Morgan fingerprint density at radius 2 is 1.97 bits per heavy atom. The van der Waals surface area contributed by atoms with Gasteiger partial charge in [-0.15, -0.1) is 0 Å². The number of fused-ring (bicyclic) bond motifs is 2. The van der Waals surface area contributed by atoms with Crippen LogP contribution in [0.3, 0.4) is 0 Å². The quantitative estimate of drug-likeness (QED) is 0.527. The van der Waals surface area contributed by atoms with Gasteiger partial charge >= 0.3 is 0 Å². The first-order chi connectivity index (χ1) is 14.3. The lowest BCUT2D eigenvalue weighted by atomic mass is 10.0. The predicted octanol–water partition coefficient (Wildman–Crippen LogP) is 3.45. The van der Waals surface area contributed by atoms with Crippen LogP contribution in [0.1, 0.15) is 11.3 Å². The summed E-state index contributed by atoms with van der Waals surface area (Å²) in [7, 11) is 0. The van der Waals surface area contributed by atoms with Crippen LogP contribution in [-0.4, -0.2) is 29.2 Å². The fourth-order valence-electron chi connectivity index (χ4n) is 3.52. The maximum atomic E-state index is 12.7. The van der Waals surface area contributed by atoms with E-state index in [9.17, 15) is 4.79 Å². The van der Waals surface area contributed by atoms with Crippen LogP contribution in [0.2, 0.25) is 0 Å². The number of imidazole rings is 1. The van der Waals surface area contributed by atoms with Crippen molar-refractivity contribution < 1.29 is 18.7 Å². The van der Waals surface area contributed by atoms with E-state index in [1.165, 1.54) is 0 Å². The van der Waals surface area contributed by atoms with Crippen LogP contribution in [0, 0.1) is 0 Å². The average Bonchev–Trinajstić information content (AvgIpc) is 3.48. The molecule has 0 bridgehead atoms. The number of rotatable bonds is 6. The van der Waals surface area contributed by atoms with Gasteiger partial charge in [-0.1, -0.05) is 30.3 Å². The summed E-state index contributed by atoms with van der Waals surface area (Å²) in [4.78, 5) is 19.7. The highest BCUT2D eigenvalue weighted by molar-refractivity contribution is 5.94. The number of aromatic amines is 1. The molecule has 4 aromatic rings. The molecule has 0 radical (unpaired) electrons. The number of nitrogens with zero attached hydrogens (tertiary/aromatic N) is 1. The van der Waals surface area contributed by atoms with Gasteiger partial charge in [-0.05, 0) is 6.07 Å². The van der Waals surface area contributed by atoms with Gasteiger partial charge in [0.15, 0.2) is 11.5 Å². The first-order valence-corrected chi connectivity index (χ1v) is 9.42. The Hall–Kier alpha value is -3.74. The van der Waals surface area contributed by atoms with Crippen LogP contribution < -0.4 is 14.8 Å². The maximum Gasteiger partial charge on any atom is 0.231 e. The number of carbonyl (C=O) groups excluding carboxylic acids is 1. The summed E-state index contributed by atoms with van der Waals surface area (Å²) >= 11 is 0. The molecule has 7 heteroatoms. The molecular weight excluding hydrogens is 370 g/mol. The van der Waals surface area contributed by atoms with E-state index in [2.05, 4.69) is 15.3 Å². The topological polar surface area (TPSA) is 89.4 Å². The van der Waals surface area contributed by atoms with Gasteiger partial charge in [0.05, 0.1) is 12.7 Å². The third-order valence-corrected chi connectivity index (χ3v) is 4.93. The molecule has 0 aliphatic carbocycles. The number of ether oxygens (including phenoxy) is 2. The number of hydrogen-bond acceptors (Lipinski definition) is 5. The second kappa shape index (κ2) is 7.35. The highest BCUT2D eigenvalue weighted by atomic mass is 16.7. The molecule has 0 unspecified atom stereocenters. The van der Waals surface area contributed by atoms with Crippen molar-refractivity contribution in [2.45, 2.75) is 12.8 Å². The Morgan fingerprint density at radius 1 is 1.14 bits per heavy atom. The van der Waals surface area contributed by atoms with Gasteiger partial charge in [0.1, 0.15) is 11.3 Å². The average molecular weight is 389 g/mol. The molecular formula is C22H19N3O4. The molecule has 1 aliphatic heterocycles. The van der Waals surface area contributed by atoms with Crippen LogP contribution in [0.25, 0.3) is 22.3 Å². The molecule has 2 aromatic heterocycles. The Kier molecular flexibility index (Phi) is 4.40. The lowest BCUT2D eigenvalue weighted by Crippen LogP contribution is -2.27. The Bertz CT molecular complexity index is 1150. The summed E-state index contributed by atoms with van der Waals surface area (Å²) in [5.41, 5.74) is 3.42. The van der Waals surface area contributed by atoms with Crippen LogP contribution in [0.4, 0.5) is 0 Å². The van der Waals surface area contributed by atoms with Crippen molar-refractivity contribution in [3.05, 3.63) is 66.2 Å². The Labute approximate surface area is 166 Å². The number of carbonyl (C=O) groups is 1. The maximum absolute atomic E-state index is 12.7. The van der Waals surface area contributed by atoms with E-state index < -0.39 is 0 Å². The number of aromatic nitrogens is 2. The van der Waals surface area contributed by atoms with E-state index in [1.807, 2.05) is 42.5 Å². The minimum Gasteiger partial charge on any atom is -0.456 e. The summed E-state index contributed by atoms with van der Waals surface area (Å²) in [5, 5.41) is 3.83. The molecule has 3 heterocycles. The van der Waals surface area contributed by atoms with E-state index in [1.54, 1.807) is 12.5 Å². The minimum absolute atomic E-state index is 0.0675. The molecule has 2 N–H and O–H groups in total. The first-order valence-electron chi connectivity index (χ1n) is 9.42. The van der Waals surface area contributed by atoms with Crippen molar-refractivity contribution in [1.29, 1.82) is 0 Å². The fraction of sp³-hybridized carbons (Fsp3) is 0.182. The SMILES string of the molecule is O=C(Cc1c(-c2ccccc2)oc2cc3c(cc12)OCO3)NCCc1cnc[nH]1. The van der Waals surface area contributed by atoms with Gasteiger partial charge in [0, 0.05) is 47.4 Å². The molecule has 0 saturated heterocycles. The molecule has 29 heavy (non-hydrogen) atoms. The molecule has 146 valence electrons. The van der Waals surface area contributed by atoms with Gasteiger partial charge < -0.3 is 24.2 Å². The highest BCUT2D eigenvalue weighted by Crippen LogP contribution is 2.41. The lowest BCUT2D eigenvalue weighted by molar-refractivity contribution is -0.120. The van der Waals surface area contributed by atoms with E-state index in [4.69, 9.17) is 13.9 Å². The second-order valence-electron chi connectivity index (χ2n) is 6.83. The van der Waals surface area contributed by atoms with E-state index in [0.717, 1.165) is 22.2 Å². The summed E-state index contributed by atoms with van der Waals surface area (Å²) in [5.74, 6) is 1.94. The Morgan fingerprint density at radius 3 is 2.76 bits per heavy atom. The summed E-state index contributed by atoms with van der Waals surface area (Å²) < 4.78 is 17.1. The third kappa shape index (κ3) is 3.42. The molecule has 2 aromatic carbocycles. The normalized spacial score (nSPS) is 12.4. The fourth-order valence-corrected chi connectivity index (χ4v) is 3.52. The molecule has 1 aliphatic rings. The number of hydrogen-bond donors (Lipinski definition) is 2. The molecule has 0 spiro atoms. The summed E-state index contributed by atoms with van der Waals surface area (Å²) in [6, 6.07) is 13.5. The number of H-pyrrole nitrogens is 1. The van der Waals surface area contributed by atoms with Crippen LogP contribution in [0.15, 0.2) is 59.4 Å². The summed E-state index contributed by atoms with van der Waals surface area (Å²) in [6.45, 7) is 0.723. The third-order valence-electron chi connectivity index (χ3n) is 4.93. The molecule has 0 atom stereocenters. The van der Waals surface area contributed by atoms with Gasteiger partial charge in [-0.2, -0.15) is 0 Å². The van der Waals surface area contributed by atoms with E-state index in [0.29, 0.717) is 35.8 Å². The molecule has 1 amide bonds.